The van der Waals surface area contributed by atoms with Gasteiger partial charge in [-0.25, -0.2) is 4.79 Å². The summed E-state index contributed by atoms with van der Waals surface area (Å²) in [5.41, 5.74) is -0.597. The van der Waals surface area contributed by atoms with E-state index in [9.17, 15) is 4.79 Å². The highest BCUT2D eigenvalue weighted by molar-refractivity contribution is 6.01. The van der Waals surface area contributed by atoms with Crippen LogP contribution < -0.4 is 10.6 Å². The number of alkyl carbamates (subject to hydrolysis) is 1. The van der Waals surface area contributed by atoms with Crippen LogP contribution in [0.1, 0.15) is 41.0 Å². The molecule has 0 atom stereocenters. The average molecular weight is 285 g/mol. The predicted molar refractivity (Wildman–Crippen MR) is 80.0 cm³/mol. The largest absolute Gasteiger partial charge is 0.443 e. The number of nitrogens with one attached hydrogen (secondary N) is 4. The third-order valence-corrected chi connectivity index (χ3v) is 2.24. The third kappa shape index (κ3) is 8.34. The van der Waals surface area contributed by atoms with Gasteiger partial charge in [-0.3, -0.25) is 21.5 Å². The van der Waals surface area contributed by atoms with Gasteiger partial charge in [0.15, 0.2) is 5.96 Å². The van der Waals surface area contributed by atoms with Crippen molar-refractivity contribution in [3.63, 3.8) is 0 Å². The second-order valence-corrected chi connectivity index (χ2v) is 6.75. The van der Waals surface area contributed by atoms with Crippen molar-refractivity contribution in [3.05, 3.63) is 0 Å². The maximum absolute atomic E-state index is 11.7. The number of amides is 1. The summed E-state index contributed by atoms with van der Waals surface area (Å²) in [4.78, 5) is 13.2. The van der Waals surface area contributed by atoms with Gasteiger partial charge in [-0.2, -0.15) is 0 Å². The number of hydrogen-bond donors (Lipinski definition) is 4. The Balaban J connectivity index is 4.36. The fraction of sp³-hybridized carbons (Fsp3) is 0.769. The molecule has 0 bridgehead atoms. The molecule has 0 unspecified atom stereocenters. The molecule has 0 saturated heterocycles. The van der Waals surface area contributed by atoms with Crippen LogP contribution in [0.2, 0.25) is 0 Å². The van der Waals surface area contributed by atoms with Crippen LogP contribution >= 0.6 is 0 Å². The number of carbonyl (C=O) groups is 1. The molecule has 4 N–H and O–H groups in total. The molecule has 0 rings (SSSR count). The summed E-state index contributed by atoms with van der Waals surface area (Å²) in [5.74, 6) is -0.287. The van der Waals surface area contributed by atoms with E-state index in [2.05, 4.69) is 31.4 Å². The van der Waals surface area contributed by atoms with Gasteiger partial charge in [0.2, 0.25) is 5.96 Å². The molecule has 0 aromatic heterocycles. The van der Waals surface area contributed by atoms with E-state index in [1.807, 2.05) is 13.8 Å². The zero-order valence-electron chi connectivity index (χ0n) is 13.5. The fourth-order valence-electron chi connectivity index (χ4n) is 1.95. The quantitative estimate of drug-likeness (QED) is 0.460. The highest BCUT2D eigenvalue weighted by Gasteiger charge is 2.29. The lowest BCUT2D eigenvalue weighted by Crippen LogP contribution is -2.48. The number of hydrogen-bond acceptors (Lipinski definition) is 4. The Hall–Kier alpha value is -1.79. The molecule has 0 radical (unpaired) electrons. The summed E-state index contributed by atoms with van der Waals surface area (Å²) in [6.07, 6.45) is -0.00914. The van der Waals surface area contributed by atoms with Gasteiger partial charge in [0, 0.05) is 14.1 Å². The minimum absolute atomic E-state index is 0.00394. The van der Waals surface area contributed by atoms with Crippen molar-refractivity contribution in [1.82, 2.24) is 15.5 Å². The number of guanidine groups is 2. The Morgan fingerprint density at radius 3 is 2.00 bits per heavy atom. The van der Waals surface area contributed by atoms with Gasteiger partial charge in [-0.15, -0.1) is 0 Å². The minimum atomic E-state index is -0.705. The normalized spacial score (nSPS) is 11.6. The lowest BCUT2D eigenvalue weighted by Gasteiger charge is -2.32. The van der Waals surface area contributed by atoms with E-state index in [-0.39, 0.29) is 17.3 Å². The lowest BCUT2D eigenvalue weighted by molar-refractivity contribution is 0.0126. The molecule has 0 aliphatic rings. The van der Waals surface area contributed by atoms with Crippen molar-refractivity contribution in [1.29, 1.82) is 10.8 Å². The molecular formula is C13H27N5O2. The second-order valence-electron chi connectivity index (χ2n) is 6.75. The molecular weight excluding hydrogens is 258 g/mol. The van der Waals surface area contributed by atoms with Gasteiger partial charge in [-0.05, 0) is 25.7 Å². The molecule has 0 saturated carbocycles. The number of nitrogens with zero attached hydrogens (tertiary/aromatic N) is 1. The Morgan fingerprint density at radius 1 is 1.10 bits per heavy atom. The number of rotatable bonds is 2. The van der Waals surface area contributed by atoms with Crippen molar-refractivity contribution in [3.8, 4) is 0 Å². The number of ether oxygens (including phenoxy) is 1. The summed E-state index contributed by atoms with van der Waals surface area (Å²) in [7, 11) is 3.32. The Morgan fingerprint density at radius 2 is 1.60 bits per heavy atom. The van der Waals surface area contributed by atoms with Gasteiger partial charge in [0.1, 0.15) is 5.60 Å². The molecule has 116 valence electrons. The van der Waals surface area contributed by atoms with Crippen molar-refractivity contribution in [2.24, 2.45) is 5.41 Å². The Kier molecular flexibility index (Phi) is 5.99. The molecule has 0 spiro atoms. The SMILES string of the molecule is CN(C)C(=N)NC(=N)NC(=O)OC(C)(C)CC(C)(C)C. The zero-order valence-corrected chi connectivity index (χ0v) is 13.5. The fourth-order valence-corrected chi connectivity index (χ4v) is 1.95. The highest BCUT2D eigenvalue weighted by atomic mass is 16.6. The molecule has 0 aromatic carbocycles. The highest BCUT2D eigenvalue weighted by Crippen LogP contribution is 2.29. The van der Waals surface area contributed by atoms with Crippen LogP contribution in [0.25, 0.3) is 0 Å². The van der Waals surface area contributed by atoms with Crippen LogP contribution in [0.3, 0.4) is 0 Å². The smallest absolute Gasteiger partial charge is 0.414 e. The van der Waals surface area contributed by atoms with Crippen molar-refractivity contribution < 1.29 is 9.53 Å². The van der Waals surface area contributed by atoms with Crippen LogP contribution in [0.4, 0.5) is 4.79 Å². The Bertz CT molecular complexity index is 383. The zero-order chi connectivity index (χ0) is 16.1. The first kappa shape index (κ1) is 18.2. The topological polar surface area (TPSA) is 101 Å². The molecule has 0 heterocycles. The van der Waals surface area contributed by atoms with E-state index in [0.717, 1.165) is 0 Å². The molecule has 0 aliphatic heterocycles. The van der Waals surface area contributed by atoms with Gasteiger partial charge in [0.25, 0.3) is 0 Å². The third-order valence-electron chi connectivity index (χ3n) is 2.24. The summed E-state index contributed by atoms with van der Waals surface area (Å²) in [5, 5.41) is 19.7. The predicted octanol–water partition coefficient (Wildman–Crippen LogP) is 1.95. The molecule has 20 heavy (non-hydrogen) atoms. The van der Waals surface area contributed by atoms with Crippen molar-refractivity contribution >= 4 is 18.0 Å². The van der Waals surface area contributed by atoms with E-state index < -0.39 is 11.7 Å². The molecule has 1 amide bonds. The minimum Gasteiger partial charge on any atom is -0.443 e. The maximum Gasteiger partial charge on any atom is 0.414 e. The monoisotopic (exact) mass is 285 g/mol. The number of carbonyl (C=O) groups excluding carboxylic acids is 1. The first-order valence-electron chi connectivity index (χ1n) is 6.44. The summed E-state index contributed by atoms with van der Waals surface area (Å²) >= 11 is 0. The molecule has 7 nitrogen and oxygen atoms in total. The maximum atomic E-state index is 11.7. The van der Waals surface area contributed by atoms with Crippen LogP contribution in [0.5, 0.6) is 0 Å². The first-order chi connectivity index (χ1) is 8.82. The molecule has 7 heteroatoms. The van der Waals surface area contributed by atoms with Gasteiger partial charge in [-0.1, -0.05) is 20.8 Å². The van der Waals surface area contributed by atoms with Crippen LogP contribution in [0.15, 0.2) is 0 Å². The van der Waals surface area contributed by atoms with Crippen molar-refractivity contribution in [2.75, 3.05) is 14.1 Å². The van der Waals surface area contributed by atoms with Gasteiger partial charge >= 0.3 is 6.09 Å². The summed E-state index contributed by atoms with van der Waals surface area (Å²) < 4.78 is 5.31. The Labute approximate surface area is 121 Å². The summed E-state index contributed by atoms with van der Waals surface area (Å²) in [6.45, 7) is 9.86. The molecule has 0 aliphatic carbocycles. The van der Waals surface area contributed by atoms with Gasteiger partial charge in [0.05, 0.1) is 0 Å². The second kappa shape index (κ2) is 6.58. The van der Waals surface area contributed by atoms with E-state index in [1.165, 1.54) is 4.90 Å². The standard InChI is InChI=1S/C13H27N5O2/c1-12(2,3)8-13(4,5)20-11(19)17-9(14)16-10(15)18(6)7/h8H2,1-7H3,(H4,14,15,16,17,19). The van der Waals surface area contributed by atoms with E-state index in [4.69, 9.17) is 15.6 Å². The lowest BCUT2D eigenvalue weighted by atomic mass is 9.84. The van der Waals surface area contributed by atoms with E-state index >= 15 is 0 Å². The van der Waals surface area contributed by atoms with Crippen LogP contribution in [-0.4, -0.2) is 42.6 Å². The molecule has 0 aromatic rings. The van der Waals surface area contributed by atoms with Gasteiger partial charge < -0.3 is 9.64 Å². The average Bonchev–Trinajstić information content (AvgIpc) is 2.10. The van der Waals surface area contributed by atoms with Crippen LogP contribution in [0, 0.1) is 16.2 Å². The van der Waals surface area contributed by atoms with Crippen LogP contribution in [-0.2, 0) is 4.74 Å². The van der Waals surface area contributed by atoms with E-state index in [1.54, 1.807) is 14.1 Å². The molecule has 0 fully saturated rings. The van der Waals surface area contributed by atoms with Crippen molar-refractivity contribution in [2.45, 2.75) is 46.6 Å². The summed E-state index contributed by atoms with van der Waals surface area (Å²) in [6, 6.07) is 0. The first-order valence-corrected chi connectivity index (χ1v) is 6.44. The van der Waals surface area contributed by atoms with E-state index in [0.29, 0.717) is 6.42 Å².